The van der Waals surface area contributed by atoms with Gasteiger partial charge in [0.05, 0.1) is 22.9 Å². The molecule has 0 spiro atoms. The SMILES string of the molecule is Brc1cnn2c1CNCC2. The molecular weight excluding hydrogens is 194 g/mol. The van der Waals surface area contributed by atoms with Gasteiger partial charge < -0.3 is 5.32 Å². The molecule has 0 aliphatic carbocycles. The van der Waals surface area contributed by atoms with Crippen molar-refractivity contribution < 1.29 is 0 Å². The molecule has 2 rings (SSSR count). The molecule has 0 unspecified atom stereocenters. The third-order valence-electron chi connectivity index (χ3n) is 1.69. The van der Waals surface area contributed by atoms with Crippen molar-refractivity contribution in [3.63, 3.8) is 0 Å². The summed E-state index contributed by atoms with van der Waals surface area (Å²) in [6, 6.07) is 0. The number of nitrogens with one attached hydrogen (secondary N) is 1. The van der Waals surface area contributed by atoms with Gasteiger partial charge in [-0.2, -0.15) is 5.10 Å². The van der Waals surface area contributed by atoms with E-state index in [0.717, 1.165) is 24.1 Å². The Morgan fingerprint density at radius 1 is 1.70 bits per heavy atom. The van der Waals surface area contributed by atoms with Gasteiger partial charge in [0.15, 0.2) is 0 Å². The molecule has 0 saturated heterocycles. The summed E-state index contributed by atoms with van der Waals surface area (Å²) in [6.07, 6.45) is 1.85. The van der Waals surface area contributed by atoms with E-state index in [1.54, 1.807) is 0 Å². The Balaban J connectivity index is 2.45. The van der Waals surface area contributed by atoms with E-state index >= 15 is 0 Å². The van der Waals surface area contributed by atoms with Gasteiger partial charge in [0.2, 0.25) is 0 Å². The molecule has 1 aliphatic heterocycles. The topological polar surface area (TPSA) is 29.9 Å². The molecule has 1 N–H and O–H groups in total. The zero-order valence-electron chi connectivity index (χ0n) is 5.47. The first kappa shape index (κ1) is 6.37. The highest BCUT2D eigenvalue weighted by atomic mass is 79.9. The number of nitrogens with zero attached hydrogens (tertiary/aromatic N) is 2. The van der Waals surface area contributed by atoms with Crippen LogP contribution in [-0.4, -0.2) is 16.3 Å². The van der Waals surface area contributed by atoms with Crippen molar-refractivity contribution in [2.45, 2.75) is 13.1 Å². The minimum Gasteiger partial charge on any atom is -0.309 e. The third kappa shape index (κ3) is 0.876. The summed E-state index contributed by atoms with van der Waals surface area (Å²) in [5.41, 5.74) is 1.26. The lowest BCUT2D eigenvalue weighted by Gasteiger charge is -2.14. The molecule has 10 heavy (non-hydrogen) atoms. The molecule has 1 aromatic rings. The van der Waals surface area contributed by atoms with Gasteiger partial charge in [-0.1, -0.05) is 0 Å². The first-order valence-electron chi connectivity index (χ1n) is 3.29. The van der Waals surface area contributed by atoms with Crippen molar-refractivity contribution in [2.75, 3.05) is 6.54 Å². The van der Waals surface area contributed by atoms with E-state index in [1.165, 1.54) is 5.69 Å². The van der Waals surface area contributed by atoms with Crippen molar-refractivity contribution in [1.82, 2.24) is 15.1 Å². The molecule has 54 valence electrons. The second-order valence-electron chi connectivity index (χ2n) is 2.34. The molecule has 0 amide bonds. The van der Waals surface area contributed by atoms with Crippen molar-refractivity contribution in [2.24, 2.45) is 0 Å². The van der Waals surface area contributed by atoms with Gasteiger partial charge in [-0.3, -0.25) is 4.68 Å². The van der Waals surface area contributed by atoms with Crippen LogP contribution in [0.1, 0.15) is 5.69 Å². The summed E-state index contributed by atoms with van der Waals surface area (Å²) in [5.74, 6) is 0. The van der Waals surface area contributed by atoms with E-state index in [4.69, 9.17) is 0 Å². The van der Waals surface area contributed by atoms with Crippen LogP contribution in [0, 0.1) is 0 Å². The molecule has 3 nitrogen and oxygen atoms in total. The van der Waals surface area contributed by atoms with Crippen LogP contribution in [0.5, 0.6) is 0 Å². The normalized spacial score (nSPS) is 16.9. The average Bonchev–Trinajstić information content (AvgIpc) is 2.34. The summed E-state index contributed by atoms with van der Waals surface area (Å²) >= 11 is 3.43. The van der Waals surface area contributed by atoms with Crippen LogP contribution in [0.4, 0.5) is 0 Å². The van der Waals surface area contributed by atoms with Crippen molar-refractivity contribution in [1.29, 1.82) is 0 Å². The maximum atomic E-state index is 4.19. The van der Waals surface area contributed by atoms with Crippen molar-refractivity contribution in [3.05, 3.63) is 16.4 Å². The monoisotopic (exact) mass is 201 g/mol. The molecule has 0 fully saturated rings. The molecule has 1 aliphatic rings. The van der Waals surface area contributed by atoms with Gasteiger partial charge in [-0.15, -0.1) is 0 Å². The zero-order chi connectivity index (χ0) is 6.97. The lowest BCUT2D eigenvalue weighted by molar-refractivity contribution is 0.474. The minimum absolute atomic E-state index is 0.931. The molecule has 1 aromatic heterocycles. The average molecular weight is 202 g/mol. The Morgan fingerprint density at radius 2 is 2.60 bits per heavy atom. The number of hydrogen-bond acceptors (Lipinski definition) is 2. The second-order valence-corrected chi connectivity index (χ2v) is 3.19. The fraction of sp³-hybridized carbons (Fsp3) is 0.500. The van der Waals surface area contributed by atoms with Crippen LogP contribution in [0.25, 0.3) is 0 Å². The fourth-order valence-electron chi connectivity index (χ4n) is 1.15. The summed E-state index contributed by atoms with van der Waals surface area (Å²) in [7, 11) is 0. The minimum atomic E-state index is 0.931. The maximum Gasteiger partial charge on any atom is 0.0664 e. The van der Waals surface area contributed by atoms with Gasteiger partial charge in [-0.25, -0.2) is 0 Å². The zero-order valence-corrected chi connectivity index (χ0v) is 7.06. The lowest BCUT2D eigenvalue weighted by atomic mass is 10.3. The second kappa shape index (κ2) is 2.36. The van der Waals surface area contributed by atoms with Crippen LogP contribution in [0.15, 0.2) is 10.7 Å². The summed E-state index contributed by atoms with van der Waals surface area (Å²) < 4.78 is 3.14. The Morgan fingerprint density at radius 3 is 3.40 bits per heavy atom. The molecule has 0 saturated carbocycles. The Hall–Kier alpha value is -0.350. The predicted octanol–water partition coefficient (Wildman–Crippen LogP) is 0.749. The number of aromatic nitrogens is 2. The first-order chi connectivity index (χ1) is 4.88. The van der Waals surface area contributed by atoms with E-state index in [0.29, 0.717) is 0 Å². The van der Waals surface area contributed by atoms with Crippen LogP contribution in [0.2, 0.25) is 0 Å². The van der Waals surface area contributed by atoms with Crippen LogP contribution in [-0.2, 0) is 13.1 Å². The highest BCUT2D eigenvalue weighted by Gasteiger charge is 2.11. The van der Waals surface area contributed by atoms with Gasteiger partial charge in [0.1, 0.15) is 0 Å². The van der Waals surface area contributed by atoms with Crippen molar-refractivity contribution >= 4 is 15.9 Å². The summed E-state index contributed by atoms with van der Waals surface area (Å²) in [6.45, 7) is 2.95. The lowest BCUT2D eigenvalue weighted by Crippen LogP contribution is -2.28. The largest absolute Gasteiger partial charge is 0.309 e. The third-order valence-corrected chi connectivity index (χ3v) is 2.35. The van der Waals surface area contributed by atoms with Gasteiger partial charge in [0.25, 0.3) is 0 Å². The fourth-order valence-corrected chi connectivity index (χ4v) is 1.58. The number of halogens is 1. The highest BCUT2D eigenvalue weighted by molar-refractivity contribution is 9.10. The quantitative estimate of drug-likeness (QED) is 0.672. The Kier molecular flexibility index (Phi) is 1.50. The predicted molar refractivity (Wildman–Crippen MR) is 41.6 cm³/mol. The maximum absolute atomic E-state index is 4.19. The molecular formula is C6H8BrN3. The van der Waals surface area contributed by atoms with Gasteiger partial charge in [-0.05, 0) is 15.9 Å². The summed E-state index contributed by atoms with van der Waals surface area (Å²) in [4.78, 5) is 0. The molecule has 0 aromatic carbocycles. The van der Waals surface area contributed by atoms with E-state index < -0.39 is 0 Å². The van der Waals surface area contributed by atoms with Crippen LogP contribution < -0.4 is 5.32 Å². The number of hydrogen-bond donors (Lipinski definition) is 1. The first-order valence-corrected chi connectivity index (χ1v) is 4.08. The molecule has 0 atom stereocenters. The van der Waals surface area contributed by atoms with Crippen molar-refractivity contribution in [3.8, 4) is 0 Å². The van der Waals surface area contributed by atoms with Gasteiger partial charge >= 0.3 is 0 Å². The highest BCUT2D eigenvalue weighted by Crippen LogP contribution is 2.16. The van der Waals surface area contributed by atoms with E-state index in [-0.39, 0.29) is 0 Å². The molecule has 0 radical (unpaired) electrons. The van der Waals surface area contributed by atoms with E-state index in [1.807, 2.05) is 10.9 Å². The molecule has 0 bridgehead atoms. The molecule has 2 heterocycles. The van der Waals surface area contributed by atoms with Gasteiger partial charge in [0, 0.05) is 13.1 Å². The number of rotatable bonds is 0. The summed E-state index contributed by atoms with van der Waals surface area (Å²) in [5, 5.41) is 7.46. The molecule has 4 heteroatoms. The standard InChI is InChI=1S/C6H8BrN3/c7-5-3-9-10-2-1-8-4-6(5)10/h3,8H,1-2,4H2. The smallest absolute Gasteiger partial charge is 0.0664 e. The van der Waals surface area contributed by atoms with E-state index in [9.17, 15) is 0 Å². The Bertz CT molecular complexity index is 243. The van der Waals surface area contributed by atoms with Crippen LogP contribution >= 0.6 is 15.9 Å². The Labute approximate surface area is 67.5 Å². The number of fused-ring (bicyclic) bond motifs is 1. The van der Waals surface area contributed by atoms with E-state index in [2.05, 4.69) is 26.3 Å². The van der Waals surface area contributed by atoms with Crippen LogP contribution in [0.3, 0.4) is 0 Å².